The molecule has 0 aliphatic heterocycles. The maximum atomic E-state index is 12.4. The van der Waals surface area contributed by atoms with Gasteiger partial charge in [0.15, 0.2) is 0 Å². The van der Waals surface area contributed by atoms with Crippen LogP contribution in [0.25, 0.3) is 0 Å². The molecule has 6 nitrogen and oxygen atoms in total. The van der Waals surface area contributed by atoms with Crippen LogP contribution in [0.15, 0.2) is 36.5 Å². The predicted octanol–water partition coefficient (Wildman–Crippen LogP) is 23.5. The number of carbonyl (C=O) groups excluding carboxylic acids is 2. The molecule has 472 valence electrons. The van der Waals surface area contributed by atoms with Gasteiger partial charge in [0.05, 0.1) is 25.4 Å². The van der Waals surface area contributed by atoms with Crippen molar-refractivity contribution in [1.82, 2.24) is 5.32 Å². The molecular formula is C74H141NO5. The summed E-state index contributed by atoms with van der Waals surface area (Å²) in [6, 6.07) is -0.622. The molecule has 0 aromatic heterocycles. The topological polar surface area (TPSA) is 95.9 Å². The van der Waals surface area contributed by atoms with Gasteiger partial charge in [-0.05, 0) is 83.5 Å². The van der Waals surface area contributed by atoms with Crippen molar-refractivity contribution >= 4 is 11.9 Å². The number of rotatable bonds is 68. The molecule has 0 rings (SSSR count). The minimum absolute atomic E-state index is 0.0140. The van der Waals surface area contributed by atoms with Crippen LogP contribution in [0.3, 0.4) is 0 Å². The smallest absolute Gasteiger partial charge is 0.305 e. The number of aliphatic hydroxyl groups is 2. The first-order valence-electron chi connectivity index (χ1n) is 36.3. The lowest BCUT2D eigenvalue weighted by molar-refractivity contribution is -0.143. The fourth-order valence-electron chi connectivity index (χ4n) is 11.3. The molecule has 0 spiro atoms. The molecule has 0 bridgehead atoms. The summed E-state index contributed by atoms with van der Waals surface area (Å²) < 4.78 is 5.49. The van der Waals surface area contributed by atoms with E-state index in [1.54, 1.807) is 6.08 Å². The molecule has 2 atom stereocenters. The molecule has 3 N–H and O–H groups in total. The molecule has 0 fully saturated rings. The molecule has 0 saturated carbocycles. The van der Waals surface area contributed by atoms with Crippen LogP contribution < -0.4 is 5.32 Å². The van der Waals surface area contributed by atoms with Crippen LogP contribution in [0.2, 0.25) is 0 Å². The summed E-state index contributed by atoms with van der Waals surface area (Å²) in [7, 11) is 0. The van der Waals surface area contributed by atoms with E-state index in [2.05, 4.69) is 43.5 Å². The van der Waals surface area contributed by atoms with Crippen LogP contribution in [0.5, 0.6) is 0 Å². The van der Waals surface area contributed by atoms with E-state index in [4.69, 9.17) is 4.74 Å². The fraction of sp³-hybridized carbons (Fsp3) is 0.892. The van der Waals surface area contributed by atoms with Crippen molar-refractivity contribution in [2.45, 2.75) is 411 Å². The molecule has 1 amide bonds. The molecule has 0 aliphatic carbocycles. The van der Waals surface area contributed by atoms with Gasteiger partial charge in [-0.1, -0.05) is 339 Å². The van der Waals surface area contributed by atoms with E-state index in [0.29, 0.717) is 19.4 Å². The summed E-state index contributed by atoms with van der Waals surface area (Å²) in [6.45, 7) is 4.90. The second-order valence-corrected chi connectivity index (χ2v) is 24.9. The molecule has 0 aromatic rings. The van der Waals surface area contributed by atoms with Crippen LogP contribution in [0.4, 0.5) is 0 Å². The Morgan fingerprint density at radius 1 is 0.338 bits per heavy atom. The van der Waals surface area contributed by atoms with Crippen LogP contribution in [0.1, 0.15) is 399 Å². The number of unbranched alkanes of at least 4 members (excludes halogenated alkanes) is 53. The number of hydrogen-bond donors (Lipinski definition) is 3. The lowest BCUT2D eigenvalue weighted by Crippen LogP contribution is -2.45. The van der Waals surface area contributed by atoms with E-state index >= 15 is 0 Å². The van der Waals surface area contributed by atoms with E-state index in [0.717, 1.165) is 44.9 Å². The van der Waals surface area contributed by atoms with Crippen molar-refractivity contribution in [1.29, 1.82) is 0 Å². The summed E-state index contributed by atoms with van der Waals surface area (Å²) in [5.41, 5.74) is 0. The maximum Gasteiger partial charge on any atom is 0.305 e. The molecule has 0 aromatic carbocycles. The quantitative estimate of drug-likeness (QED) is 0.0320. The summed E-state index contributed by atoms with van der Waals surface area (Å²) in [5.74, 6) is -0.0502. The zero-order valence-electron chi connectivity index (χ0n) is 54.1. The van der Waals surface area contributed by atoms with E-state index < -0.39 is 12.1 Å². The van der Waals surface area contributed by atoms with Gasteiger partial charge in [0.2, 0.25) is 5.91 Å². The maximum absolute atomic E-state index is 12.4. The van der Waals surface area contributed by atoms with Crippen LogP contribution in [-0.2, 0) is 14.3 Å². The Bertz CT molecular complexity index is 1300. The molecule has 0 saturated heterocycles. The number of amides is 1. The van der Waals surface area contributed by atoms with E-state index in [1.807, 2.05) is 6.08 Å². The highest BCUT2D eigenvalue weighted by molar-refractivity contribution is 5.76. The minimum Gasteiger partial charge on any atom is -0.466 e. The Labute approximate surface area is 500 Å². The van der Waals surface area contributed by atoms with Gasteiger partial charge >= 0.3 is 5.97 Å². The van der Waals surface area contributed by atoms with Crippen molar-refractivity contribution in [3.8, 4) is 0 Å². The first-order valence-corrected chi connectivity index (χ1v) is 36.3. The molecule has 0 aliphatic rings. The molecule has 80 heavy (non-hydrogen) atoms. The van der Waals surface area contributed by atoms with Gasteiger partial charge in [-0.25, -0.2) is 0 Å². The minimum atomic E-state index is -0.839. The zero-order valence-corrected chi connectivity index (χ0v) is 54.1. The molecule has 6 heteroatoms. The van der Waals surface area contributed by atoms with Crippen LogP contribution in [0, 0.1) is 0 Å². The van der Waals surface area contributed by atoms with Crippen molar-refractivity contribution in [3.05, 3.63) is 36.5 Å². The van der Waals surface area contributed by atoms with Crippen LogP contribution >= 0.6 is 0 Å². The van der Waals surface area contributed by atoms with Crippen LogP contribution in [-0.4, -0.2) is 47.4 Å². The number of allylic oxidation sites excluding steroid dienone is 5. The monoisotopic (exact) mass is 1120 g/mol. The van der Waals surface area contributed by atoms with Gasteiger partial charge in [0.25, 0.3) is 0 Å². The van der Waals surface area contributed by atoms with E-state index in [9.17, 15) is 19.8 Å². The average Bonchev–Trinajstić information content (AvgIpc) is 3.46. The molecular weight excluding hydrogens is 983 g/mol. The first-order chi connectivity index (χ1) is 39.5. The highest BCUT2D eigenvalue weighted by Gasteiger charge is 2.18. The third-order valence-corrected chi connectivity index (χ3v) is 16.9. The Morgan fingerprint density at radius 3 is 0.887 bits per heavy atom. The lowest BCUT2D eigenvalue weighted by Gasteiger charge is -2.20. The molecule has 0 radical (unpaired) electrons. The van der Waals surface area contributed by atoms with Crippen molar-refractivity contribution in [2.75, 3.05) is 13.2 Å². The first kappa shape index (κ1) is 78.1. The largest absolute Gasteiger partial charge is 0.466 e. The van der Waals surface area contributed by atoms with E-state index in [1.165, 1.54) is 327 Å². The van der Waals surface area contributed by atoms with Crippen molar-refractivity contribution in [3.63, 3.8) is 0 Å². The normalized spacial score (nSPS) is 12.7. The zero-order chi connectivity index (χ0) is 57.8. The number of aliphatic hydroxyl groups excluding tert-OH is 2. The van der Waals surface area contributed by atoms with Gasteiger partial charge in [0.1, 0.15) is 0 Å². The molecule has 0 heterocycles. The predicted molar refractivity (Wildman–Crippen MR) is 352 cm³/mol. The summed E-state index contributed by atoms with van der Waals surface area (Å²) >= 11 is 0. The second-order valence-electron chi connectivity index (χ2n) is 24.9. The Balaban J connectivity index is 3.31. The SMILES string of the molecule is CCCCCCC/C=C\CCCCCCCC(=O)OCCCCCCCCCCCCCCCCCCCC/C=C\CCCCCCCCCCCCCCCCCCCC(=O)NC(CO)C(O)/C=C/CCCCCCCCCC. The average molecular weight is 1120 g/mol. The number of esters is 1. The number of hydrogen-bond acceptors (Lipinski definition) is 5. The van der Waals surface area contributed by atoms with Gasteiger partial charge in [-0.2, -0.15) is 0 Å². The van der Waals surface area contributed by atoms with Gasteiger partial charge in [0, 0.05) is 12.8 Å². The summed E-state index contributed by atoms with van der Waals surface area (Å²) in [5, 5.41) is 23.0. The Morgan fingerprint density at radius 2 is 0.588 bits per heavy atom. The van der Waals surface area contributed by atoms with E-state index in [-0.39, 0.29) is 18.5 Å². The van der Waals surface area contributed by atoms with Gasteiger partial charge in [-0.3, -0.25) is 9.59 Å². The summed E-state index contributed by atoms with van der Waals surface area (Å²) in [6.07, 6.45) is 89.8. The van der Waals surface area contributed by atoms with Crippen molar-refractivity contribution < 1.29 is 24.5 Å². The highest BCUT2D eigenvalue weighted by atomic mass is 16.5. The summed E-state index contributed by atoms with van der Waals surface area (Å²) in [4.78, 5) is 24.5. The number of carbonyl (C=O) groups is 2. The number of nitrogens with one attached hydrogen (secondary N) is 1. The second kappa shape index (κ2) is 69.6. The Hall–Kier alpha value is -1.92. The fourth-order valence-corrected chi connectivity index (χ4v) is 11.3. The standard InChI is InChI=1S/C74H141NO5/c1-3-5-7-9-11-13-15-16-45-48-52-56-60-64-68-74(79)80-69-65-61-57-53-49-46-43-41-39-37-35-33-31-29-27-25-23-21-19-17-18-20-22-24-26-28-30-32-34-36-38-40-42-44-47-51-55-59-63-67-73(78)75-71(70-76)72(77)66-62-58-54-50-14-12-10-8-6-4-2/h15-18,62,66,71-72,76-77H,3-14,19-61,63-65,67-70H2,1-2H3,(H,75,78)/b16-15-,18-17-,66-62+. The highest BCUT2D eigenvalue weighted by Crippen LogP contribution is 2.19. The Kier molecular flexibility index (Phi) is 67.9. The van der Waals surface area contributed by atoms with Gasteiger partial charge < -0.3 is 20.3 Å². The molecule has 2 unspecified atom stereocenters. The lowest BCUT2D eigenvalue weighted by atomic mass is 10.0. The van der Waals surface area contributed by atoms with Crippen molar-refractivity contribution in [2.24, 2.45) is 0 Å². The third-order valence-electron chi connectivity index (χ3n) is 16.9. The number of ether oxygens (including phenoxy) is 1. The third kappa shape index (κ3) is 65.2. The van der Waals surface area contributed by atoms with Gasteiger partial charge in [-0.15, -0.1) is 0 Å².